The smallest absolute Gasteiger partial charge is 0 e. The molecular weight excluding hydrogens is 1450 g/mol. The third-order valence-corrected chi connectivity index (χ3v) is 113. The van der Waals surface area contributed by atoms with Crippen molar-refractivity contribution in [2.24, 2.45) is 440 Å². The van der Waals surface area contributed by atoms with Crippen molar-refractivity contribution in [2.45, 2.75) is 33.1 Å². The fourth-order valence-corrected chi connectivity index (χ4v) is 152. The molecule has 0 nitrogen and oxygen atoms in total. The molecule has 77 spiro atoms. The molecule has 96 aliphatic rings. The van der Waals surface area contributed by atoms with E-state index in [4.69, 9.17) is 0 Å². The molecule has 0 aromatic carbocycles. The number of hydrogen-bond donors (Lipinski definition) is 0. The van der Waals surface area contributed by atoms with Crippen LogP contribution in [0.1, 0.15) is 36.0 Å². The minimum absolute atomic E-state index is 0. The Morgan fingerprint density at radius 2 is 0.200 bits per heavy atom. The van der Waals surface area contributed by atoms with Gasteiger partial charge in [0.25, 0.3) is 0 Å². The SMILES string of the molecule is C.C1C2C3C4C5C6C7C8CC9C%10C%11C%12C%13C%14C%15C%16C%17C%18C%19CC%20C%21C%22C%23C%24C%25C%26CC%27C%28C%29C%30C%31C%32C%33C%34C%35C%36C1C21C32C43C54C65C76C89C%107C%118C%129C%13%10C%14%11C%15%12C%16%13C%17%14C%18%15C%20%19C%21%16C%22%17C%23%18C%24%19C%25%20C%26%27C%28%21C%29%22C%30%23C%31%24C%32%25C%33%26C%34%27C%35%28C%361C21C32C43C54C67C85C96C%107C%118C%129C%13%10C%14%11C%16%15C%17%12C%18%13C%19%14C%20%21C%22%15C%23%16C%24%17C%25%18C%26%19C%27%20C%281C21C32C45C63C74C85C96C%107C%12%11C%138C%14%15C%169C%17%10C%18%11C%19%12C%201C23C%124C%115C%106C897.F.[2HH].[B].[HH]. The fourth-order valence-electron chi connectivity index (χ4n) is 152. The summed E-state index contributed by atoms with van der Waals surface area (Å²) in [6.07, 6.45) is 7.84. The van der Waals surface area contributed by atoms with Gasteiger partial charge in [-0.2, -0.15) is 0 Å². The number of hydrogen-bond acceptors (Lipinski definition) is 0. The van der Waals surface area contributed by atoms with E-state index >= 15 is 0 Å². The molecule has 96 fully saturated rings. The Labute approximate surface area is 674 Å². The number of rotatable bonds is 0. The lowest BCUT2D eigenvalue weighted by atomic mass is 8.16. The van der Waals surface area contributed by atoms with Crippen LogP contribution >= 0.6 is 0 Å². The minimum atomic E-state index is 0. The van der Waals surface area contributed by atoms with Crippen molar-refractivity contribution in [3.8, 4) is 0 Å². The topological polar surface area (TPSA) is 0 Å². The van der Waals surface area contributed by atoms with Gasteiger partial charge in [0, 0.05) is 11.3 Å². The maximum absolute atomic E-state index is 1.96. The lowest BCUT2D eigenvalue weighted by Gasteiger charge is -3.85. The van der Waals surface area contributed by atoms with Gasteiger partial charge in [-0.05, 0) is 656 Å². The highest BCUT2D eigenvalue weighted by atomic mass is 19.0. The van der Waals surface area contributed by atoms with Crippen LogP contribution in [0.25, 0.3) is 0 Å². The second-order valence-electron chi connectivity index (χ2n) is 80.4. The van der Waals surface area contributed by atoms with Crippen molar-refractivity contribution in [1.29, 1.82) is 0 Å². The van der Waals surface area contributed by atoms with Crippen molar-refractivity contribution in [1.82, 2.24) is 0 Å². The maximum atomic E-state index is 1.96. The highest BCUT2D eigenvalue weighted by Gasteiger charge is 3.94. The zero-order chi connectivity index (χ0) is 62.1. The molecule has 3 radical (unpaired) electrons. The Hall–Kier alpha value is -0.00506. The van der Waals surface area contributed by atoms with E-state index in [1.54, 1.807) is 0 Å². The first kappa shape index (κ1) is 37.8. The summed E-state index contributed by atoms with van der Waals surface area (Å²) in [4.78, 5) is 0. The van der Waals surface area contributed by atoms with Gasteiger partial charge < -0.3 is 0 Å². The third kappa shape index (κ3) is 0.644. The summed E-state index contributed by atoms with van der Waals surface area (Å²) in [6.45, 7) is 0. The molecule has 96 rings (SSSR count). The molecular formula is C118H53BF. The molecule has 96 aliphatic carbocycles. The van der Waals surface area contributed by atoms with Gasteiger partial charge in [-0.3, -0.25) is 4.70 Å². The summed E-state index contributed by atoms with van der Waals surface area (Å²) in [5, 5.41) is 0. The predicted molar refractivity (Wildman–Crippen MR) is 379 cm³/mol. The molecule has 0 N–H and O–H groups in total. The predicted octanol–water partition coefficient (Wildman–Crippen LogP) is 9.73. The molecule has 2 heteroatoms. The first-order chi connectivity index (χ1) is 58.3. The van der Waals surface area contributed by atoms with Gasteiger partial charge in [0.05, 0.1) is 0 Å². The summed E-state index contributed by atoms with van der Waals surface area (Å²) in [5.41, 5.74) is 89.6. The van der Waals surface area contributed by atoms with Crippen LogP contribution < -0.4 is 0 Å². The fraction of sp³-hybridized carbons (Fsp3) is 1.00. The van der Waals surface area contributed by atoms with Crippen molar-refractivity contribution in [3.63, 3.8) is 0 Å². The molecule has 0 saturated heterocycles. The third-order valence-electron chi connectivity index (χ3n) is 113. The molecule has 0 amide bonds. The van der Waals surface area contributed by atoms with Crippen LogP contribution in [0.4, 0.5) is 4.70 Å². The second-order valence-corrected chi connectivity index (χ2v) is 80.4. The summed E-state index contributed by atoms with van der Waals surface area (Å²) < 4.78 is 0. The summed E-state index contributed by atoms with van der Waals surface area (Å²) in [5.74, 6) is 52.8. The zero-order valence-corrected chi connectivity index (χ0v) is 63.1. The van der Waals surface area contributed by atoms with E-state index in [2.05, 4.69) is 0 Å². The van der Waals surface area contributed by atoms with Gasteiger partial charge in [-0.25, -0.2) is 0 Å². The molecule has 0 aromatic heterocycles. The van der Waals surface area contributed by atoms with Crippen LogP contribution in [0.15, 0.2) is 0 Å². The number of fused-ring (bicyclic) bond motifs is 32. The van der Waals surface area contributed by atoms with Crippen molar-refractivity contribution >= 4 is 8.41 Å². The van der Waals surface area contributed by atoms with E-state index in [1.165, 1.54) is 435 Å². The molecule has 0 bridgehead atoms. The van der Waals surface area contributed by atoms with E-state index in [9.17, 15) is 0 Å². The van der Waals surface area contributed by atoms with E-state index in [1.807, 2.05) is 25.7 Å². The van der Waals surface area contributed by atoms with E-state index in [0.717, 1.165) is 195 Å². The molecule has 120 heavy (non-hydrogen) atoms. The molecule has 92 atom stereocenters. The van der Waals surface area contributed by atoms with E-state index < -0.39 is 0 Å². The van der Waals surface area contributed by atoms with Crippen molar-refractivity contribution in [3.05, 3.63) is 190 Å². The lowest BCUT2D eigenvalue weighted by molar-refractivity contribution is -1.15. The monoisotopic (exact) mass is 1500 g/mol. The summed E-state index contributed by atoms with van der Waals surface area (Å²) >= 11 is 0. The average molecular weight is 1500 g/mol. The van der Waals surface area contributed by atoms with E-state index in [-0.39, 0.29) is 23.4 Å². The quantitative estimate of drug-likeness (QED) is 0.212. The first-order valence-corrected chi connectivity index (χ1v) is 58.3. The highest BCUT2D eigenvalue weighted by molar-refractivity contribution is 7.00. The van der Waals surface area contributed by atoms with Gasteiger partial charge in [0.2, 0.25) is 0 Å². The normalized spacial score (nSPS) is 156. The minimum Gasteiger partial charge on any atom is -0.269 e. The second kappa shape index (κ2) is 5.03. The standard InChI is InChI=1S/C117H44.CH4.B.FH.2H2/c1-5-13-21-29-22-14-6-2-10-18-27-33-37-40-38-34-28-20-12-4-8-16-24-30-23-15-7-3-11-19-26-32-36-39-35-31-25-17-9(1)41(5)45(13)53(21)61(29)54(22)46(14)42(6,10)50(18)59(27)65(33)69(37)72(40)70(38)66(34)60(28)52(20)44(8,12)48(16)56(24)62(30)55(23)47(15)43(7,11)51(19)58(26)64(32)68(36)71(39)67(35)63(31)57(25)49(17,41)73(45)77(53)85(61)78(54)74(46,50)82(59)89(65)93(69)96(72)94(70)90(66)84(60)76(48,52)80(56)86(62)79(55)75(47,51)83(58)88(64)92(68)95(71)91(67)87(63)81(57,73)97(77)101(85)98(78,82)104(89)109(93)112(96)110(94)106(90)100(80,84)102(86)99(79,83)105(88)108(92)111(95)107(91)103(87,97)113(101,104)115(107,109)117(111,112)116(108,110)114(102,105)106;;;;;/h5-40H,1-4H2;1H4;;3*1H/i;;;;1+1;. The highest BCUT2D eigenvalue weighted by Crippen LogP contribution is 3.99. The van der Waals surface area contributed by atoms with Crippen molar-refractivity contribution in [2.75, 3.05) is 0 Å². The van der Waals surface area contributed by atoms with Gasteiger partial charge in [-0.1, -0.05) is 7.43 Å². The Morgan fingerprint density at radius 3 is 0.325 bits per heavy atom. The molecule has 0 aromatic rings. The van der Waals surface area contributed by atoms with Crippen LogP contribution in [-0.4, -0.2) is 8.41 Å². The van der Waals surface area contributed by atoms with Crippen LogP contribution in [0.5, 0.6) is 0 Å². The van der Waals surface area contributed by atoms with Gasteiger partial charge in [-0.15, -0.1) is 0 Å². The lowest BCUT2D eigenvalue weighted by Crippen LogP contribution is -3.80. The molecule has 0 aliphatic heterocycles. The van der Waals surface area contributed by atoms with Crippen LogP contribution in [0.2, 0.25) is 0 Å². The Balaban J connectivity index is 0.000000977. The molecule has 92 unspecified atom stereocenters. The molecule has 96 saturated carbocycles. The Bertz CT molecular complexity index is 9440. The first-order valence-electron chi connectivity index (χ1n) is 58.3. The van der Waals surface area contributed by atoms with Gasteiger partial charge >= 0.3 is 0 Å². The zero-order valence-electron chi connectivity index (χ0n) is 63.1. The van der Waals surface area contributed by atoms with Crippen LogP contribution in [-0.2, 0) is 0 Å². The Kier molecular flexibility index (Phi) is 1.58. The van der Waals surface area contributed by atoms with Crippen molar-refractivity contribution < 1.29 is 7.56 Å². The van der Waals surface area contributed by atoms with Gasteiger partial charge in [0.1, 0.15) is 0 Å². The van der Waals surface area contributed by atoms with Gasteiger partial charge in [0.15, 0.2) is 0 Å². The van der Waals surface area contributed by atoms with Crippen LogP contribution in [0, 0.1) is 630 Å². The number of halogens is 1. The Morgan fingerprint density at radius 1 is 0.117 bits per heavy atom. The molecule has 0 heterocycles. The summed E-state index contributed by atoms with van der Waals surface area (Å²) in [7, 11) is 0. The summed E-state index contributed by atoms with van der Waals surface area (Å²) in [6, 6.07) is 0. The molecule has 535 valence electrons. The average Bonchev–Trinajstić information content (AvgIpc) is 0.387. The largest absolute Gasteiger partial charge is 0.269 e. The van der Waals surface area contributed by atoms with Crippen LogP contribution in [0.3, 0.4) is 0 Å². The maximum Gasteiger partial charge on any atom is 0 e. The van der Waals surface area contributed by atoms with E-state index in [0.29, 0.717) is 0 Å².